The van der Waals surface area contributed by atoms with Gasteiger partial charge in [-0.05, 0) is 56.4 Å². The maximum absolute atomic E-state index is 13.6. The molecular weight excluding hydrogens is 359 g/mol. The molecule has 1 saturated carbocycles. The molecule has 6 nitrogen and oxygen atoms in total. The first-order valence-corrected chi connectivity index (χ1v) is 9.35. The molecule has 0 heterocycles. The zero-order valence-electron chi connectivity index (χ0n) is 16.6. The van der Waals surface area contributed by atoms with E-state index in [0.717, 1.165) is 12.1 Å². The summed E-state index contributed by atoms with van der Waals surface area (Å²) in [6, 6.07) is 4.14. The number of hydrogen-bond acceptors (Lipinski definition) is 6. The van der Waals surface area contributed by atoms with E-state index < -0.39 is 11.9 Å². The number of aliphatic hydroxyl groups is 1. The molecule has 5 N–H and O–H groups in total. The van der Waals surface area contributed by atoms with Crippen LogP contribution < -0.4 is 10.6 Å². The van der Waals surface area contributed by atoms with Gasteiger partial charge < -0.3 is 25.9 Å². The van der Waals surface area contributed by atoms with Crippen LogP contribution in [0.15, 0.2) is 41.7 Å². The Kier molecular flexibility index (Phi) is 7.75. The molecule has 7 heteroatoms. The van der Waals surface area contributed by atoms with Gasteiger partial charge in [-0.25, -0.2) is 4.39 Å². The van der Waals surface area contributed by atoms with Crippen LogP contribution in [0.5, 0.6) is 0 Å². The summed E-state index contributed by atoms with van der Waals surface area (Å²) in [5.74, 6) is 0.235. The Bertz CT molecular complexity index is 783. The highest BCUT2D eigenvalue weighted by atomic mass is 19.1. The Morgan fingerprint density at radius 3 is 2.68 bits per heavy atom. The lowest BCUT2D eigenvalue weighted by atomic mass is 10.0. The second-order valence-electron chi connectivity index (χ2n) is 7.09. The molecule has 1 aliphatic rings. The van der Waals surface area contributed by atoms with E-state index in [2.05, 4.69) is 10.6 Å². The van der Waals surface area contributed by atoms with Gasteiger partial charge in [-0.15, -0.1) is 0 Å². The number of rotatable bonds is 10. The van der Waals surface area contributed by atoms with Gasteiger partial charge in [0.1, 0.15) is 5.82 Å². The zero-order chi connectivity index (χ0) is 20.7. The van der Waals surface area contributed by atoms with Gasteiger partial charge in [-0.3, -0.25) is 5.41 Å². The summed E-state index contributed by atoms with van der Waals surface area (Å²) in [7, 11) is 1.41. The summed E-state index contributed by atoms with van der Waals surface area (Å²) in [6.45, 7) is 4.17. The predicted octanol–water partition coefficient (Wildman–Crippen LogP) is 4.11. The van der Waals surface area contributed by atoms with Gasteiger partial charge in [0.15, 0.2) is 0 Å². The van der Waals surface area contributed by atoms with Gasteiger partial charge >= 0.3 is 0 Å². The fourth-order valence-corrected chi connectivity index (χ4v) is 2.68. The highest BCUT2D eigenvalue weighted by molar-refractivity contribution is 5.96. The quantitative estimate of drug-likeness (QED) is 0.307. The van der Waals surface area contributed by atoms with Crippen molar-refractivity contribution in [3.63, 3.8) is 0 Å². The summed E-state index contributed by atoms with van der Waals surface area (Å²) in [5, 5.41) is 32.3. The molecule has 2 rings (SSSR count). The minimum atomic E-state index is -0.860. The minimum absolute atomic E-state index is 0.0452. The molecule has 0 bridgehead atoms. The number of halogens is 1. The van der Waals surface area contributed by atoms with E-state index >= 15 is 0 Å². The number of allylic oxidation sites excluding steroid dienone is 1. The van der Waals surface area contributed by atoms with Crippen LogP contribution >= 0.6 is 0 Å². The lowest BCUT2D eigenvalue weighted by molar-refractivity contribution is 0.199. The number of anilines is 1. The van der Waals surface area contributed by atoms with Crippen molar-refractivity contribution in [3.05, 3.63) is 53.1 Å². The van der Waals surface area contributed by atoms with E-state index in [1.807, 2.05) is 6.20 Å². The van der Waals surface area contributed by atoms with E-state index in [4.69, 9.17) is 15.6 Å². The molecule has 152 valence electrons. The van der Waals surface area contributed by atoms with Crippen LogP contribution in [-0.2, 0) is 4.74 Å². The monoisotopic (exact) mass is 388 g/mol. The first-order valence-electron chi connectivity index (χ1n) is 9.35. The van der Waals surface area contributed by atoms with Gasteiger partial charge in [0.05, 0.1) is 13.2 Å². The lowest BCUT2D eigenvalue weighted by Gasteiger charge is -2.18. The minimum Gasteiger partial charge on any atom is -0.481 e. The number of benzene rings is 1. The van der Waals surface area contributed by atoms with E-state index in [-0.39, 0.29) is 5.90 Å². The van der Waals surface area contributed by atoms with Crippen LogP contribution in [0, 0.1) is 22.6 Å². The van der Waals surface area contributed by atoms with Crippen LogP contribution in [0.1, 0.15) is 44.8 Å². The number of hydrogen-bond donors (Lipinski definition) is 5. The van der Waals surface area contributed by atoms with Gasteiger partial charge in [-0.1, -0.05) is 0 Å². The summed E-state index contributed by atoms with van der Waals surface area (Å²) < 4.78 is 18.5. The van der Waals surface area contributed by atoms with E-state index in [1.165, 1.54) is 38.2 Å². The molecular formula is C21H29FN4O2. The molecule has 0 aliphatic heterocycles. The van der Waals surface area contributed by atoms with E-state index in [9.17, 15) is 9.50 Å². The maximum atomic E-state index is 13.6. The highest BCUT2D eigenvalue weighted by Gasteiger charge is 2.20. The Labute approximate surface area is 165 Å². The largest absolute Gasteiger partial charge is 0.481 e. The topological polar surface area (TPSA) is 101 Å². The average Bonchev–Trinajstić information content (AvgIpc) is 3.46. The van der Waals surface area contributed by atoms with Crippen molar-refractivity contribution >= 4 is 17.3 Å². The summed E-state index contributed by atoms with van der Waals surface area (Å²) in [4.78, 5) is 0. The molecule has 0 spiro atoms. The molecule has 28 heavy (non-hydrogen) atoms. The van der Waals surface area contributed by atoms with Crippen molar-refractivity contribution in [1.29, 1.82) is 10.8 Å². The van der Waals surface area contributed by atoms with E-state index in [1.54, 1.807) is 19.9 Å². The molecule has 0 amide bonds. The summed E-state index contributed by atoms with van der Waals surface area (Å²) in [6.07, 6.45) is 5.34. The molecule has 0 unspecified atom stereocenters. The predicted molar refractivity (Wildman–Crippen MR) is 110 cm³/mol. The van der Waals surface area contributed by atoms with Crippen molar-refractivity contribution in [2.24, 2.45) is 5.92 Å². The molecule has 1 aromatic rings. The molecule has 0 aromatic heterocycles. The third kappa shape index (κ3) is 6.81. The molecule has 1 aromatic carbocycles. The third-order valence-corrected chi connectivity index (χ3v) is 4.53. The van der Waals surface area contributed by atoms with Crippen molar-refractivity contribution in [1.82, 2.24) is 5.32 Å². The molecule has 1 atom stereocenters. The lowest BCUT2D eigenvalue weighted by Crippen LogP contribution is -2.14. The SMILES string of the molecule is COC(=N)/C=C(/C/C(=C/NCC1CC1)C(C)=N)Nc1ccc(F)cc1[C@@H](C)O. The Hall–Kier alpha value is -2.67. The summed E-state index contributed by atoms with van der Waals surface area (Å²) >= 11 is 0. The molecule has 1 aliphatic carbocycles. The van der Waals surface area contributed by atoms with Crippen LogP contribution in [-0.4, -0.2) is 30.4 Å². The Morgan fingerprint density at radius 2 is 2.11 bits per heavy atom. The first-order chi connectivity index (χ1) is 13.3. The summed E-state index contributed by atoms with van der Waals surface area (Å²) in [5.41, 5.74) is 2.74. The second kappa shape index (κ2) is 10.0. The number of nitrogens with one attached hydrogen (secondary N) is 4. The maximum Gasteiger partial charge on any atom is 0.207 e. The smallest absolute Gasteiger partial charge is 0.207 e. The fourth-order valence-electron chi connectivity index (χ4n) is 2.68. The van der Waals surface area contributed by atoms with Gasteiger partial charge in [0.25, 0.3) is 0 Å². The first kappa shape index (κ1) is 21.6. The average molecular weight is 388 g/mol. The van der Waals surface area contributed by atoms with Crippen LogP contribution in [0.25, 0.3) is 0 Å². The van der Waals surface area contributed by atoms with Crippen molar-refractivity contribution in [3.8, 4) is 0 Å². The number of methoxy groups -OCH3 is 1. The van der Waals surface area contributed by atoms with Gasteiger partial charge in [-0.2, -0.15) is 0 Å². The third-order valence-electron chi connectivity index (χ3n) is 4.53. The highest BCUT2D eigenvalue weighted by Crippen LogP contribution is 2.28. The van der Waals surface area contributed by atoms with Crippen molar-refractivity contribution < 1.29 is 14.2 Å². The molecule has 0 saturated heterocycles. The number of aliphatic hydroxyl groups excluding tert-OH is 1. The van der Waals surface area contributed by atoms with Crippen molar-refractivity contribution in [2.75, 3.05) is 19.0 Å². The van der Waals surface area contributed by atoms with E-state index in [0.29, 0.717) is 35.0 Å². The molecule has 1 fully saturated rings. The fraction of sp³-hybridized carbons (Fsp3) is 0.429. The van der Waals surface area contributed by atoms with Gasteiger partial charge in [0.2, 0.25) is 5.90 Å². The number of ether oxygens (including phenoxy) is 1. The molecule has 0 radical (unpaired) electrons. The van der Waals surface area contributed by atoms with Gasteiger partial charge in [0, 0.05) is 47.9 Å². The standard InChI is InChI=1S/C21H29FN4O2/c1-13(23)16(12-25-11-15-4-5-15)8-18(10-21(24)28-3)26-20-7-6-17(22)9-19(20)14(2)27/h6-7,9-10,12,14-15,23-27H,4-5,8,11H2,1-3H3/b16-12-,18-10-,23-13?,24-21?/t14-/m1/s1. The van der Waals surface area contributed by atoms with Crippen LogP contribution in [0.2, 0.25) is 0 Å². The van der Waals surface area contributed by atoms with Crippen LogP contribution in [0.3, 0.4) is 0 Å². The Balaban J connectivity index is 2.25. The zero-order valence-corrected chi connectivity index (χ0v) is 16.6. The Morgan fingerprint density at radius 1 is 1.39 bits per heavy atom. The second-order valence-corrected chi connectivity index (χ2v) is 7.09. The normalized spacial score (nSPS) is 15.8. The van der Waals surface area contributed by atoms with Crippen LogP contribution in [0.4, 0.5) is 10.1 Å². The van der Waals surface area contributed by atoms with Crippen molar-refractivity contribution in [2.45, 2.75) is 39.2 Å².